The lowest BCUT2D eigenvalue weighted by Gasteiger charge is -1.99. The minimum absolute atomic E-state index is 0.166. The summed E-state index contributed by atoms with van der Waals surface area (Å²) in [6.45, 7) is 0. The quantitative estimate of drug-likeness (QED) is 0.511. The Hall–Kier alpha value is -2.21. The molecule has 0 fully saturated rings. The van der Waals surface area contributed by atoms with Crippen molar-refractivity contribution in [2.45, 2.75) is 5.03 Å². The second-order valence-corrected chi connectivity index (χ2v) is 4.53. The van der Waals surface area contributed by atoms with Gasteiger partial charge in [0.05, 0.1) is 17.0 Å². The van der Waals surface area contributed by atoms with Crippen LogP contribution in [0.4, 0.5) is 0 Å². The summed E-state index contributed by atoms with van der Waals surface area (Å²) in [6.07, 6.45) is 6.60. The maximum Gasteiger partial charge on any atom is 0.250 e. The van der Waals surface area contributed by atoms with E-state index < -0.39 is 0 Å². The van der Waals surface area contributed by atoms with Crippen molar-refractivity contribution in [3.8, 4) is 0 Å². The van der Waals surface area contributed by atoms with Crippen molar-refractivity contribution in [1.82, 2.24) is 15.4 Å². The van der Waals surface area contributed by atoms with Gasteiger partial charge in [-0.1, -0.05) is 17.8 Å². The van der Waals surface area contributed by atoms with Gasteiger partial charge in [0.15, 0.2) is 0 Å². The maximum absolute atomic E-state index is 11.5. The number of carbonyl (C=O) groups is 1. The van der Waals surface area contributed by atoms with E-state index in [1.165, 1.54) is 11.8 Å². The van der Waals surface area contributed by atoms with E-state index in [1.54, 1.807) is 36.9 Å². The first-order chi connectivity index (χ1) is 9.34. The molecule has 0 unspecified atom stereocenters. The van der Waals surface area contributed by atoms with E-state index in [4.69, 9.17) is 0 Å². The molecule has 0 aliphatic carbocycles. The zero-order valence-electron chi connectivity index (χ0n) is 10.1. The van der Waals surface area contributed by atoms with Crippen LogP contribution in [-0.2, 0) is 4.79 Å². The van der Waals surface area contributed by atoms with Gasteiger partial charge in [-0.15, -0.1) is 0 Å². The molecule has 0 saturated heterocycles. The molecule has 1 N–H and O–H groups in total. The summed E-state index contributed by atoms with van der Waals surface area (Å²) in [5.74, 6) is 0.117. The Morgan fingerprint density at radius 3 is 2.84 bits per heavy atom. The van der Waals surface area contributed by atoms with Crippen LogP contribution < -0.4 is 5.43 Å². The molecule has 0 aromatic carbocycles. The molecule has 0 saturated carbocycles. The second kappa shape index (κ2) is 7.27. The molecule has 2 aromatic heterocycles. The van der Waals surface area contributed by atoms with E-state index in [-0.39, 0.29) is 11.7 Å². The van der Waals surface area contributed by atoms with Gasteiger partial charge in [0.2, 0.25) is 5.91 Å². The Balaban J connectivity index is 1.75. The third-order valence-corrected chi connectivity index (χ3v) is 3.04. The second-order valence-electron chi connectivity index (χ2n) is 3.53. The fourth-order valence-electron chi connectivity index (χ4n) is 1.23. The average Bonchev–Trinajstić information content (AvgIpc) is 2.47. The lowest BCUT2D eigenvalue weighted by atomic mass is 10.3. The third-order valence-electron chi connectivity index (χ3n) is 2.10. The Bertz CT molecular complexity index is 545. The van der Waals surface area contributed by atoms with Crippen LogP contribution in [0.25, 0.3) is 0 Å². The van der Waals surface area contributed by atoms with Gasteiger partial charge in [-0.25, -0.2) is 10.4 Å². The van der Waals surface area contributed by atoms with Crippen LogP contribution in [0.1, 0.15) is 5.56 Å². The topological polar surface area (TPSA) is 67.2 Å². The predicted molar refractivity (Wildman–Crippen MR) is 74.9 cm³/mol. The van der Waals surface area contributed by atoms with Crippen LogP contribution in [-0.4, -0.2) is 27.8 Å². The number of amides is 1. The molecular formula is C13H12N4OS. The summed E-state index contributed by atoms with van der Waals surface area (Å²) in [7, 11) is 0. The monoisotopic (exact) mass is 272 g/mol. The van der Waals surface area contributed by atoms with E-state index in [1.807, 2.05) is 18.2 Å². The standard InChI is InChI=1S/C13H12N4OS/c18-12(10-19-13-3-1-2-6-15-13)17-16-9-11-4-7-14-8-5-11/h1-9H,10H2,(H,17,18)/b16-9-. The van der Waals surface area contributed by atoms with Gasteiger partial charge in [-0.05, 0) is 29.8 Å². The minimum Gasteiger partial charge on any atom is -0.272 e. The largest absolute Gasteiger partial charge is 0.272 e. The zero-order chi connectivity index (χ0) is 13.3. The number of hydrogen-bond acceptors (Lipinski definition) is 5. The Kier molecular flexibility index (Phi) is 5.06. The van der Waals surface area contributed by atoms with Crippen molar-refractivity contribution >= 4 is 23.9 Å². The van der Waals surface area contributed by atoms with E-state index in [2.05, 4.69) is 20.5 Å². The van der Waals surface area contributed by atoms with Crippen LogP contribution in [0, 0.1) is 0 Å². The number of pyridine rings is 2. The van der Waals surface area contributed by atoms with Crippen LogP contribution in [0.15, 0.2) is 59.0 Å². The number of thioether (sulfide) groups is 1. The van der Waals surface area contributed by atoms with Crippen molar-refractivity contribution in [3.63, 3.8) is 0 Å². The smallest absolute Gasteiger partial charge is 0.250 e. The molecule has 0 spiro atoms. The molecule has 6 heteroatoms. The molecule has 0 bridgehead atoms. The van der Waals surface area contributed by atoms with Crippen molar-refractivity contribution in [3.05, 3.63) is 54.5 Å². The van der Waals surface area contributed by atoms with Crippen molar-refractivity contribution in [2.75, 3.05) is 5.75 Å². The lowest BCUT2D eigenvalue weighted by molar-refractivity contribution is -0.118. The molecule has 0 radical (unpaired) electrons. The van der Waals surface area contributed by atoms with Gasteiger partial charge in [0, 0.05) is 18.6 Å². The molecule has 19 heavy (non-hydrogen) atoms. The summed E-state index contributed by atoms with van der Waals surface area (Å²) in [5, 5.41) is 4.68. The minimum atomic E-state index is -0.166. The summed E-state index contributed by atoms with van der Waals surface area (Å²) >= 11 is 1.37. The zero-order valence-corrected chi connectivity index (χ0v) is 10.9. The normalized spacial score (nSPS) is 10.5. The Morgan fingerprint density at radius 1 is 1.26 bits per heavy atom. The highest BCUT2D eigenvalue weighted by molar-refractivity contribution is 7.99. The van der Waals surface area contributed by atoms with Crippen molar-refractivity contribution in [1.29, 1.82) is 0 Å². The predicted octanol–water partition coefficient (Wildman–Crippen LogP) is 1.72. The number of nitrogens with zero attached hydrogens (tertiary/aromatic N) is 3. The van der Waals surface area contributed by atoms with Crippen molar-refractivity contribution < 1.29 is 4.79 Å². The molecule has 2 aromatic rings. The number of rotatable bonds is 5. The summed E-state index contributed by atoms with van der Waals surface area (Å²) in [5.41, 5.74) is 3.34. The molecule has 2 rings (SSSR count). The molecule has 1 amide bonds. The summed E-state index contributed by atoms with van der Waals surface area (Å²) < 4.78 is 0. The maximum atomic E-state index is 11.5. The number of aromatic nitrogens is 2. The van der Waals surface area contributed by atoms with Crippen LogP contribution in [0.3, 0.4) is 0 Å². The molecule has 2 heterocycles. The highest BCUT2D eigenvalue weighted by atomic mass is 32.2. The Morgan fingerprint density at radius 2 is 2.11 bits per heavy atom. The third kappa shape index (κ3) is 4.89. The van der Waals surface area contributed by atoms with E-state index in [0.29, 0.717) is 0 Å². The molecule has 0 aliphatic heterocycles. The number of nitrogens with one attached hydrogen (secondary N) is 1. The Labute approximate surface area is 115 Å². The van der Waals surface area contributed by atoms with Gasteiger partial charge >= 0.3 is 0 Å². The van der Waals surface area contributed by atoms with Crippen LogP contribution >= 0.6 is 11.8 Å². The van der Waals surface area contributed by atoms with Gasteiger partial charge in [-0.3, -0.25) is 9.78 Å². The molecular weight excluding hydrogens is 260 g/mol. The fourth-order valence-corrected chi connectivity index (χ4v) is 1.89. The first-order valence-corrected chi connectivity index (χ1v) is 6.59. The first kappa shape index (κ1) is 13.2. The van der Waals surface area contributed by atoms with E-state index >= 15 is 0 Å². The van der Waals surface area contributed by atoms with Crippen LogP contribution in [0.5, 0.6) is 0 Å². The fraction of sp³-hybridized carbons (Fsp3) is 0.0769. The SMILES string of the molecule is O=C(CSc1ccccn1)N/N=C\c1ccncc1. The molecule has 0 aliphatic rings. The average molecular weight is 272 g/mol. The molecule has 0 atom stereocenters. The highest BCUT2D eigenvalue weighted by Gasteiger charge is 2.01. The summed E-state index contributed by atoms with van der Waals surface area (Å²) in [6, 6.07) is 9.19. The van der Waals surface area contributed by atoms with Gasteiger partial charge < -0.3 is 0 Å². The summed E-state index contributed by atoms with van der Waals surface area (Å²) in [4.78, 5) is 19.5. The van der Waals surface area contributed by atoms with Crippen molar-refractivity contribution in [2.24, 2.45) is 5.10 Å². The molecule has 96 valence electrons. The van der Waals surface area contributed by atoms with E-state index in [0.717, 1.165) is 10.6 Å². The number of hydrazone groups is 1. The number of hydrogen-bond donors (Lipinski definition) is 1. The lowest BCUT2D eigenvalue weighted by Crippen LogP contribution is -2.19. The molecule has 5 nitrogen and oxygen atoms in total. The first-order valence-electron chi connectivity index (χ1n) is 5.60. The highest BCUT2D eigenvalue weighted by Crippen LogP contribution is 2.12. The van der Waals surface area contributed by atoms with E-state index in [9.17, 15) is 4.79 Å². The van der Waals surface area contributed by atoms with Gasteiger partial charge in [-0.2, -0.15) is 5.10 Å². The number of carbonyl (C=O) groups excluding carboxylic acids is 1. The van der Waals surface area contributed by atoms with Crippen LogP contribution in [0.2, 0.25) is 0 Å². The van der Waals surface area contributed by atoms with Gasteiger partial charge in [0.25, 0.3) is 0 Å². The van der Waals surface area contributed by atoms with Gasteiger partial charge in [0.1, 0.15) is 0 Å².